The Morgan fingerprint density at radius 1 is 0.800 bits per heavy atom. The second-order valence-corrected chi connectivity index (χ2v) is 10.5. The highest BCUT2D eigenvalue weighted by Gasteiger charge is 2.19. The molecule has 3 rings (SSSR count). The summed E-state index contributed by atoms with van der Waals surface area (Å²) in [4.78, 5) is 2.83. The average molecular weight is 286 g/mol. The molecule has 1 aliphatic heterocycles. The van der Waals surface area contributed by atoms with Crippen LogP contribution < -0.4 is 0 Å². The Bertz CT molecular complexity index is 456. The third-order valence-electron chi connectivity index (χ3n) is 2.12. The molecule has 5 heteroatoms. The normalized spacial score (nSPS) is 16.0. The molecular weight excluding hydrogens is 280 g/mol. The molecule has 15 heavy (non-hydrogen) atoms. The lowest BCUT2D eigenvalue weighted by atomic mass is 10.2. The summed E-state index contributed by atoms with van der Waals surface area (Å²) in [6.07, 6.45) is 0. The molecule has 0 N–H and O–H groups in total. The van der Waals surface area contributed by atoms with Gasteiger partial charge in [-0.05, 0) is 68.3 Å². The topological polar surface area (TPSA) is 0 Å². The molecule has 0 nitrogen and oxygen atoms in total. The molecule has 0 unspecified atom stereocenters. The summed E-state index contributed by atoms with van der Waals surface area (Å²) in [6.45, 7) is 0. The lowest BCUT2D eigenvalue weighted by Crippen LogP contribution is -1.67. The van der Waals surface area contributed by atoms with Gasteiger partial charge in [-0.25, -0.2) is 0 Å². The quantitative estimate of drug-likeness (QED) is 0.555. The highest BCUT2D eigenvalue weighted by molar-refractivity contribution is 9.36. The smallest absolute Gasteiger partial charge is 0.0414 e. The van der Waals surface area contributed by atoms with Crippen LogP contribution in [0.3, 0.4) is 0 Å². The van der Waals surface area contributed by atoms with Crippen molar-refractivity contribution in [2.45, 2.75) is 9.79 Å². The zero-order chi connectivity index (χ0) is 10.1. The van der Waals surface area contributed by atoms with Gasteiger partial charge >= 0.3 is 0 Å². The molecule has 76 valence electrons. The van der Waals surface area contributed by atoms with Crippen LogP contribution in [0.4, 0.5) is 0 Å². The molecule has 0 aromatic heterocycles. The second-order valence-electron chi connectivity index (χ2n) is 2.99. The fourth-order valence-corrected chi connectivity index (χ4v) is 10.6. The van der Waals surface area contributed by atoms with Crippen molar-refractivity contribution in [3.8, 4) is 11.1 Å². The van der Waals surface area contributed by atoms with Crippen LogP contribution in [0.25, 0.3) is 11.1 Å². The molecule has 3 aliphatic rings. The van der Waals surface area contributed by atoms with Crippen molar-refractivity contribution >= 4 is 51.1 Å². The van der Waals surface area contributed by atoms with Crippen LogP contribution in [0.1, 0.15) is 0 Å². The maximum Gasteiger partial charge on any atom is 0.0414 e. The van der Waals surface area contributed by atoms with Gasteiger partial charge in [0.2, 0.25) is 0 Å². The molecule has 0 aromatic carbocycles. The molecule has 0 radical (unpaired) electrons. The minimum Gasteiger partial charge on any atom is -0.0622 e. The summed E-state index contributed by atoms with van der Waals surface area (Å²) in [6, 6.07) is 13.0. The van der Waals surface area contributed by atoms with Gasteiger partial charge in [-0.1, -0.05) is 30.3 Å². The lowest BCUT2D eigenvalue weighted by Gasteiger charge is -1.97. The molecule has 0 spiro atoms. The van der Waals surface area contributed by atoms with E-state index in [-0.39, 0.29) is 0 Å². The summed E-state index contributed by atoms with van der Waals surface area (Å²) < 4.78 is 0. The van der Waals surface area contributed by atoms with Gasteiger partial charge in [0.25, 0.3) is 0 Å². The lowest BCUT2D eigenvalue weighted by molar-refractivity contribution is 1.37. The van der Waals surface area contributed by atoms with Gasteiger partial charge in [0, 0.05) is 9.79 Å². The third kappa shape index (κ3) is 2.13. The number of rotatable bonds is 0. The minimum atomic E-state index is 1.35. The molecular formula is C10H6S5. The maximum atomic E-state index is 2.29. The van der Waals surface area contributed by atoms with E-state index >= 15 is 0 Å². The van der Waals surface area contributed by atoms with E-state index in [0.29, 0.717) is 0 Å². The van der Waals surface area contributed by atoms with Crippen molar-refractivity contribution in [3.63, 3.8) is 0 Å². The molecule has 0 saturated carbocycles. The largest absolute Gasteiger partial charge is 0.0622 e. The van der Waals surface area contributed by atoms with Gasteiger partial charge in [0.05, 0.1) is 0 Å². The summed E-state index contributed by atoms with van der Waals surface area (Å²) >= 11 is 0. The first-order valence-electron chi connectivity index (χ1n) is 4.31. The predicted octanol–water partition coefficient (Wildman–Crippen LogP) is 5.85. The maximum absolute atomic E-state index is 2.29. The van der Waals surface area contributed by atoms with Crippen molar-refractivity contribution in [3.05, 3.63) is 36.4 Å². The van der Waals surface area contributed by atoms with Crippen LogP contribution in [-0.2, 0) is 0 Å². The van der Waals surface area contributed by atoms with E-state index in [2.05, 4.69) is 36.4 Å². The van der Waals surface area contributed by atoms with Crippen LogP contribution in [0, 0.1) is 0 Å². The van der Waals surface area contributed by atoms with Crippen molar-refractivity contribution < 1.29 is 0 Å². The van der Waals surface area contributed by atoms with E-state index in [4.69, 9.17) is 0 Å². The third-order valence-corrected chi connectivity index (χ3v) is 10.6. The fraction of sp³-hybridized carbons (Fsp3) is 0. The molecule has 2 aliphatic carbocycles. The van der Waals surface area contributed by atoms with Gasteiger partial charge < -0.3 is 0 Å². The Kier molecular flexibility index (Phi) is 3.36. The van der Waals surface area contributed by atoms with E-state index in [1.807, 2.05) is 51.1 Å². The summed E-state index contributed by atoms with van der Waals surface area (Å²) in [5, 5.41) is 0. The van der Waals surface area contributed by atoms with Crippen LogP contribution in [-0.4, -0.2) is 0 Å². The molecule has 0 fully saturated rings. The minimum absolute atomic E-state index is 1.35. The average Bonchev–Trinajstić information content (AvgIpc) is 2.51. The number of hydrogen-bond donors (Lipinski definition) is 0. The molecule has 0 atom stereocenters. The van der Waals surface area contributed by atoms with E-state index in [1.165, 1.54) is 20.9 Å². The van der Waals surface area contributed by atoms with Crippen LogP contribution in [0.2, 0.25) is 0 Å². The van der Waals surface area contributed by atoms with E-state index < -0.39 is 0 Å². The number of fused-ring (bicyclic) bond motifs is 3. The van der Waals surface area contributed by atoms with Gasteiger partial charge in [-0.3, -0.25) is 0 Å². The van der Waals surface area contributed by atoms with Crippen LogP contribution >= 0.6 is 51.1 Å². The SMILES string of the molecule is c1ccc2cc3c(c-2cc1)SSSSS3. The highest BCUT2D eigenvalue weighted by Crippen LogP contribution is 2.62. The Morgan fingerprint density at radius 3 is 2.67 bits per heavy atom. The van der Waals surface area contributed by atoms with Crippen molar-refractivity contribution in [2.24, 2.45) is 0 Å². The first-order valence-corrected chi connectivity index (χ1v) is 10.5. The first kappa shape index (κ1) is 10.6. The van der Waals surface area contributed by atoms with E-state index in [1.54, 1.807) is 0 Å². The Morgan fingerprint density at radius 2 is 1.67 bits per heavy atom. The first-order chi connectivity index (χ1) is 7.45. The standard InChI is InChI=1S/C10H6S5/c1-2-4-7-6-9-10(8(7)5-3-1)12-14-15-13-11-9/h1-6H. The Balaban J connectivity index is 2.20. The second kappa shape index (κ2) is 4.75. The van der Waals surface area contributed by atoms with E-state index in [9.17, 15) is 0 Å². The summed E-state index contributed by atoms with van der Waals surface area (Å²) in [5.41, 5.74) is 2.72. The van der Waals surface area contributed by atoms with Crippen molar-refractivity contribution in [1.29, 1.82) is 0 Å². The Hall–Kier alpha value is 0.450. The van der Waals surface area contributed by atoms with Crippen molar-refractivity contribution in [1.82, 2.24) is 0 Å². The predicted molar refractivity (Wildman–Crippen MR) is 77.6 cm³/mol. The molecule has 1 heterocycles. The fourth-order valence-electron chi connectivity index (χ4n) is 1.49. The summed E-state index contributed by atoms with van der Waals surface area (Å²) in [5.74, 6) is 0. The van der Waals surface area contributed by atoms with Crippen molar-refractivity contribution in [2.75, 3.05) is 0 Å². The Labute approximate surface area is 108 Å². The molecule has 0 bridgehead atoms. The summed E-state index contributed by atoms with van der Waals surface area (Å²) in [7, 11) is 9.29. The van der Waals surface area contributed by atoms with Gasteiger partial charge in [-0.15, -0.1) is 0 Å². The highest BCUT2D eigenvalue weighted by atomic mass is 33.8. The molecule has 0 aromatic rings. The molecule has 0 amide bonds. The molecule has 0 saturated heterocycles. The number of hydrogen-bond acceptors (Lipinski definition) is 5. The van der Waals surface area contributed by atoms with Crippen LogP contribution in [0.5, 0.6) is 0 Å². The van der Waals surface area contributed by atoms with Crippen LogP contribution in [0.15, 0.2) is 46.2 Å². The monoisotopic (exact) mass is 286 g/mol. The van der Waals surface area contributed by atoms with Gasteiger partial charge in [0.1, 0.15) is 0 Å². The van der Waals surface area contributed by atoms with E-state index in [0.717, 1.165) is 0 Å². The zero-order valence-electron chi connectivity index (χ0n) is 7.51. The zero-order valence-corrected chi connectivity index (χ0v) is 11.6. The van der Waals surface area contributed by atoms with Gasteiger partial charge in [-0.2, -0.15) is 0 Å². The van der Waals surface area contributed by atoms with Gasteiger partial charge in [0.15, 0.2) is 0 Å².